The van der Waals surface area contributed by atoms with Gasteiger partial charge in [-0.2, -0.15) is 0 Å². The normalized spacial score (nSPS) is 14.8. The van der Waals surface area contributed by atoms with Gasteiger partial charge >= 0.3 is 5.82 Å². The maximum Gasteiger partial charge on any atom is 0.368 e. The number of thiazole rings is 1. The molecule has 0 radical (unpaired) electrons. The highest BCUT2D eigenvalue weighted by Crippen LogP contribution is 2.36. The van der Waals surface area contributed by atoms with Gasteiger partial charge in [-0.3, -0.25) is 0 Å². The molecule has 0 spiro atoms. The second-order valence-electron chi connectivity index (χ2n) is 7.37. The van der Waals surface area contributed by atoms with Crippen molar-refractivity contribution >= 4 is 28.6 Å². The molecule has 0 bridgehead atoms. The Labute approximate surface area is 182 Å². The Morgan fingerprint density at radius 3 is 2.77 bits per heavy atom. The van der Waals surface area contributed by atoms with Gasteiger partial charge in [0.15, 0.2) is 5.82 Å². The van der Waals surface area contributed by atoms with E-state index in [1.807, 2.05) is 30.3 Å². The summed E-state index contributed by atoms with van der Waals surface area (Å²) in [4.78, 5) is 21.8. The molecule has 1 fully saturated rings. The Balaban J connectivity index is 1.31. The van der Waals surface area contributed by atoms with E-state index in [9.17, 15) is 10.1 Å². The molecule has 31 heavy (non-hydrogen) atoms. The second-order valence-corrected chi connectivity index (χ2v) is 8.26. The lowest BCUT2D eigenvalue weighted by molar-refractivity contribution is -0.391. The number of ether oxygens (including phenoxy) is 1. The first-order valence-electron chi connectivity index (χ1n) is 9.97. The number of rotatable bonds is 5. The van der Waals surface area contributed by atoms with E-state index in [2.05, 4.69) is 20.4 Å². The number of aromatic nitrogens is 4. The van der Waals surface area contributed by atoms with Crippen LogP contribution in [0.25, 0.3) is 16.9 Å². The van der Waals surface area contributed by atoms with Gasteiger partial charge in [0.05, 0.1) is 17.8 Å². The first kappa shape index (κ1) is 19.4. The Bertz CT molecular complexity index is 1240. The van der Waals surface area contributed by atoms with E-state index in [4.69, 9.17) is 9.72 Å². The molecule has 5 rings (SSSR count). The quantitative estimate of drug-likeness (QED) is 0.342. The van der Waals surface area contributed by atoms with Crippen LogP contribution in [0.5, 0.6) is 5.75 Å². The number of nitrogens with zero attached hydrogens (tertiary/aromatic N) is 6. The molecule has 10 heteroatoms. The first-order chi connectivity index (χ1) is 15.1. The van der Waals surface area contributed by atoms with Gasteiger partial charge in [-0.1, -0.05) is 21.7 Å². The largest absolute Gasteiger partial charge is 0.496 e. The predicted molar refractivity (Wildman–Crippen MR) is 118 cm³/mol. The molecule has 1 saturated heterocycles. The van der Waals surface area contributed by atoms with Crippen LogP contribution < -0.4 is 9.64 Å². The molecule has 1 aromatic carbocycles. The number of hydrogen-bond acceptors (Lipinski definition) is 8. The summed E-state index contributed by atoms with van der Waals surface area (Å²) in [7, 11) is 1.67. The van der Waals surface area contributed by atoms with Crippen LogP contribution in [-0.2, 0) is 0 Å². The number of piperidine rings is 1. The lowest BCUT2D eigenvalue weighted by atomic mass is 9.97. The molecule has 9 nitrogen and oxygen atoms in total. The number of imidazole rings is 1. The monoisotopic (exact) mass is 436 g/mol. The zero-order valence-corrected chi connectivity index (χ0v) is 17.7. The van der Waals surface area contributed by atoms with Crippen molar-refractivity contribution < 1.29 is 9.66 Å². The summed E-state index contributed by atoms with van der Waals surface area (Å²) in [5.74, 6) is 1.81. The van der Waals surface area contributed by atoms with Crippen LogP contribution in [-0.4, -0.2) is 44.7 Å². The van der Waals surface area contributed by atoms with Gasteiger partial charge in [0.25, 0.3) is 0 Å². The number of hydrogen-bond donors (Lipinski definition) is 0. The minimum Gasteiger partial charge on any atom is -0.496 e. The molecule has 1 aliphatic heterocycles. The summed E-state index contributed by atoms with van der Waals surface area (Å²) < 4.78 is 6.76. The molecule has 0 atom stereocenters. The summed E-state index contributed by atoms with van der Waals surface area (Å²) >= 11 is 1.69. The van der Waals surface area contributed by atoms with E-state index >= 15 is 0 Å². The molecule has 0 N–H and O–H groups in total. The van der Waals surface area contributed by atoms with Crippen LogP contribution >= 0.6 is 11.3 Å². The van der Waals surface area contributed by atoms with Gasteiger partial charge in [-0.05, 0) is 36.0 Å². The SMILES string of the molecule is COc1ccccc1-c1csc(C2CCN(c3ccc4ncc([N+](=O)[O-])n4n3)CC2)n1. The van der Waals surface area contributed by atoms with Crippen LogP contribution in [0.4, 0.5) is 11.6 Å². The van der Waals surface area contributed by atoms with Gasteiger partial charge in [0, 0.05) is 36.0 Å². The summed E-state index contributed by atoms with van der Waals surface area (Å²) in [6, 6.07) is 11.6. The molecular formula is C21H20N6O3S. The smallest absolute Gasteiger partial charge is 0.368 e. The average Bonchev–Trinajstić information content (AvgIpc) is 3.46. The van der Waals surface area contributed by atoms with Crippen LogP contribution in [0, 0.1) is 10.1 Å². The Kier molecular flexibility index (Phi) is 4.99. The summed E-state index contributed by atoms with van der Waals surface area (Å²) in [6.07, 6.45) is 3.13. The molecule has 1 aliphatic rings. The molecule has 158 valence electrons. The van der Waals surface area contributed by atoms with Crippen molar-refractivity contribution in [1.82, 2.24) is 19.6 Å². The van der Waals surface area contributed by atoms with Gasteiger partial charge in [-0.15, -0.1) is 11.3 Å². The summed E-state index contributed by atoms with van der Waals surface area (Å²) in [5.41, 5.74) is 2.42. The highest BCUT2D eigenvalue weighted by Gasteiger charge is 2.26. The maximum atomic E-state index is 11.2. The standard InChI is InChI=1S/C21H20N6O3S/c1-30-17-5-3-2-4-15(17)16-13-31-21(23-16)14-8-10-25(11-9-14)19-7-6-18-22-12-20(27(28)29)26(18)24-19/h2-7,12-14H,8-11H2,1H3. The number of methoxy groups -OCH3 is 1. The van der Waals surface area contributed by atoms with Crippen molar-refractivity contribution in [3.05, 3.63) is 63.1 Å². The number of nitro groups is 1. The van der Waals surface area contributed by atoms with E-state index in [1.54, 1.807) is 24.5 Å². The fourth-order valence-electron chi connectivity index (χ4n) is 3.96. The van der Waals surface area contributed by atoms with Crippen molar-refractivity contribution in [1.29, 1.82) is 0 Å². The van der Waals surface area contributed by atoms with E-state index in [0.717, 1.165) is 53.8 Å². The van der Waals surface area contributed by atoms with Gasteiger partial charge in [0.1, 0.15) is 11.9 Å². The average molecular weight is 436 g/mol. The van der Waals surface area contributed by atoms with Crippen molar-refractivity contribution in [3.63, 3.8) is 0 Å². The zero-order chi connectivity index (χ0) is 21.4. The van der Waals surface area contributed by atoms with E-state index in [-0.39, 0.29) is 5.82 Å². The molecule has 3 aromatic heterocycles. The Hall–Kier alpha value is -3.53. The maximum absolute atomic E-state index is 11.2. The Morgan fingerprint density at radius 2 is 2.00 bits per heavy atom. The molecular weight excluding hydrogens is 416 g/mol. The van der Waals surface area contributed by atoms with Gasteiger partial charge in [-0.25, -0.2) is 9.97 Å². The predicted octanol–water partition coefficient (Wildman–Crippen LogP) is 4.15. The second kappa shape index (κ2) is 7.95. The third-order valence-electron chi connectivity index (χ3n) is 5.59. The molecule has 4 aromatic rings. The fraction of sp³-hybridized carbons (Fsp3) is 0.286. The van der Waals surface area contributed by atoms with E-state index in [1.165, 1.54) is 10.7 Å². The topological polar surface area (TPSA) is 98.7 Å². The third-order valence-corrected chi connectivity index (χ3v) is 6.60. The minimum atomic E-state index is -0.467. The number of benzene rings is 1. The molecule has 0 unspecified atom stereocenters. The molecule has 0 saturated carbocycles. The van der Waals surface area contributed by atoms with Crippen LogP contribution in [0.2, 0.25) is 0 Å². The van der Waals surface area contributed by atoms with Crippen LogP contribution in [0.3, 0.4) is 0 Å². The highest BCUT2D eigenvalue weighted by molar-refractivity contribution is 7.10. The van der Waals surface area contributed by atoms with E-state index < -0.39 is 4.92 Å². The third kappa shape index (κ3) is 3.59. The molecule has 0 aliphatic carbocycles. The summed E-state index contributed by atoms with van der Waals surface area (Å²) in [5, 5.41) is 18.9. The number of para-hydroxylation sites is 1. The minimum absolute atomic E-state index is 0.126. The molecule has 0 amide bonds. The van der Waals surface area contributed by atoms with Crippen molar-refractivity contribution in [2.75, 3.05) is 25.1 Å². The number of fused-ring (bicyclic) bond motifs is 1. The highest BCUT2D eigenvalue weighted by atomic mass is 32.1. The van der Waals surface area contributed by atoms with Crippen molar-refractivity contribution in [2.45, 2.75) is 18.8 Å². The summed E-state index contributed by atoms with van der Waals surface area (Å²) in [6.45, 7) is 1.63. The van der Waals surface area contributed by atoms with E-state index in [0.29, 0.717) is 11.6 Å². The first-order valence-corrected chi connectivity index (χ1v) is 10.8. The number of anilines is 1. The van der Waals surface area contributed by atoms with Crippen LogP contribution in [0.1, 0.15) is 23.8 Å². The zero-order valence-electron chi connectivity index (χ0n) is 16.8. The lowest BCUT2D eigenvalue weighted by Crippen LogP contribution is -2.33. The van der Waals surface area contributed by atoms with Gasteiger partial charge < -0.3 is 19.8 Å². The van der Waals surface area contributed by atoms with Crippen molar-refractivity contribution in [3.8, 4) is 17.0 Å². The van der Waals surface area contributed by atoms with Crippen LogP contribution in [0.15, 0.2) is 48.0 Å². The Morgan fingerprint density at radius 1 is 1.19 bits per heavy atom. The fourth-order valence-corrected chi connectivity index (χ4v) is 4.95. The lowest BCUT2D eigenvalue weighted by Gasteiger charge is -2.31. The van der Waals surface area contributed by atoms with Crippen molar-refractivity contribution in [2.24, 2.45) is 0 Å². The van der Waals surface area contributed by atoms with Gasteiger partial charge in [0.2, 0.25) is 5.65 Å². The molecule has 4 heterocycles.